The van der Waals surface area contributed by atoms with Gasteiger partial charge < -0.3 is 65.1 Å². The van der Waals surface area contributed by atoms with E-state index in [1.54, 1.807) is 0 Å². The Kier molecular flexibility index (Phi) is 68.9. The van der Waals surface area contributed by atoms with E-state index in [1.807, 2.05) is 0 Å². The molecule has 2 rings (SSSR count). The Labute approximate surface area is 628 Å². The Morgan fingerprint density at radius 1 is 0.343 bits per heavy atom. The van der Waals surface area contributed by atoms with Crippen LogP contribution in [0.4, 0.5) is 0 Å². The molecule has 0 spiro atoms. The number of aliphatic hydroxyl groups is 8. The molecular formula is C88H171NO13. The van der Waals surface area contributed by atoms with Crippen molar-refractivity contribution in [1.82, 2.24) is 5.32 Å². The van der Waals surface area contributed by atoms with Crippen molar-refractivity contribution in [1.29, 1.82) is 0 Å². The summed E-state index contributed by atoms with van der Waals surface area (Å²) < 4.78 is 23.0. The lowest BCUT2D eigenvalue weighted by atomic mass is 9.97. The van der Waals surface area contributed by atoms with Gasteiger partial charge in [0.2, 0.25) is 5.91 Å². The number of ether oxygens (including phenoxy) is 4. The highest BCUT2D eigenvalue weighted by Gasteiger charge is 2.51. The van der Waals surface area contributed by atoms with Crippen LogP contribution in [-0.2, 0) is 23.7 Å². The molecule has 14 heteroatoms. The number of hydrogen-bond acceptors (Lipinski definition) is 13. The van der Waals surface area contributed by atoms with Crippen LogP contribution in [0, 0.1) is 0 Å². The van der Waals surface area contributed by atoms with Gasteiger partial charge in [0.05, 0.1) is 32.0 Å². The first kappa shape index (κ1) is 96.8. The maximum Gasteiger partial charge on any atom is 0.220 e. The van der Waals surface area contributed by atoms with Crippen LogP contribution < -0.4 is 5.32 Å². The highest BCUT2D eigenvalue weighted by Crippen LogP contribution is 2.31. The fraction of sp³-hybridized carbons (Fsp3) is 0.966. The number of carbonyl (C=O) groups is 1. The third-order valence-corrected chi connectivity index (χ3v) is 22.5. The zero-order chi connectivity index (χ0) is 73.7. The third-order valence-electron chi connectivity index (χ3n) is 22.5. The summed E-state index contributed by atoms with van der Waals surface area (Å²) in [5, 5.41) is 88.0. The van der Waals surface area contributed by atoms with Gasteiger partial charge in [-0.25, -0.2) is 0 Å². The van der Waals surface area contributed by atoms with Gasteiger partial charge in [-0.15, -0.1) is 0 Å². The van der Waals surface area contributed by atoms with Gasteiger partial charge in [-0.2, -0.15) is 0 Å². The molecule has 0 aliphatic carbocycles. The van der Waals surface area contributed by atoms with Crippen LogP contribution in [0.25, 0.3) is 0 Å². The molecule has 0 aromatic heterocycles. The minimum Gasteiger partial charge on any atom is -0.394 e. The molecule has 0 bridgehead atoms. The first-order valence-electron chi connectivity index (χ1n) is 44.9. The Bertz CT molecular complexity index is 1760. The first-order chi connectivity index (χ1) is 50.1. The summed E-state index contributed by atoms with van der Waals surface area (Å²) in [6.45, 7) is 2.95. The Morgan fingerprint density at radius 3 is 0.931 bits per heavy atom. The van der Waals surface area contributed by atoms with Gasteiger partial charge in [-0.05, 0) is 38.5 Å². The second kappa shape index (κ2) is 72.6. The van der Waals surface area contributed by atoms with E-state index in [9.17, 15) is 45.6 Å². The molecule has 0 saturated carbocycles. The quantitative estimate of drug-likeness (QED) is 0.0204. The first-order valence-corrected chi connectivity index (χ1v) is 44.9. The number of unbranched alkanes of at least 4 members (excludes halogenated alkanes) is 63. The highest BCUT2D eigenvalue weighted by molar-refractivity contribution is 5.76. The standard InChI is InChI=1S/C88H171NO13/c1-3-5-7-9-11-13-15-17-19-21-23-25-27-29-31-33-34-35-36-37-38-39-40-41-42-44-46-48-50-52-54-56-58-60-62-64-66-68-70-72-80(93)89-76(75-99-87-85(98)83(96)86(79(74-91)101-87)102-88-84(97)82(95)81(94)78(73-90)100-88)77(92)71-69-67-65-63-61-59-57-55-53-51-49-47-45-43-32-30-28-26-24-22-20-18-16-14-12-10-8-6-4-2/h21,23,76-79,81-88,90-92,94-98H,3-20,22,24-75H2,1-2H3,(H,89,93)/b23-21-. The van der Waals surface area contributed by atoms with Crippen LogP contribution in [0.15, 0.2) is 12.2 Å². The molecule has 0 radical (unpaired) electrons. The van der Waals surface area contributed by atoms with E-state index in [-0.39, 0.29) is 12.5 Å². The van der Waals surface area contributed by atoms with E-state index in [0.717, 1.165) is 51.4 Å². The lowest BCUT2D eigenvalue weighted by Crippen LogP contribution is -2.65. The second-order valence-corrected chi connectivity index (χ2v) is 32.1. The van der Waals surface area contributed by atoms with E-state index in [4.69, 9.17) is 18.9 Å². The summed E-state index contributed by atoms with van der Waals surface area (Å²) in [5.74, 6) is -0.194. The summed E-state index contributed by atoms with van der Waals surface area (Å²) in [5.41, 5.74) is 0. The number of carbonyl (C=O) groups excluding carboxylic acids is 1. The van der Waals surface area contributed by atoms with E-state index in [2.05, 4.69) is 31.3 Å². The van der Waals surface area contributed by atoms with Crippen molar-refractivity contribution in [3.8, 4) is 0 Å². The van der Waals surface area contributed by atoms with E-state index in [0.29, 0.717) is 12.8 Å². The average molecular weight is 1450 g/mol. The number of rotatable bonds is 78. The van der Waals surface area contributed by atoms with E-state index in [1.165, 1.54) is 372 Å². The number of hydrogen-bond donors (Lipinski definition) is 9. The van der Waals surface area contributed by atoms with Gasteiger partial charge in [0.25, 0.3) is 0 Å². The molecule has 102 heavy (non-hydrogen) atoms. The molecule has 2 fully saturated rings. The van der Waals surface area contributed by atoms with Gasteiger partial charge in [0.1, 0.15) is 48.8 Å². The van der Waals surface area contributed by atoms with Gasteiger partial charge in [-0.1, -0.05) is 418 Å². The van der Waals surface area contributed by atoms with Gasteiger partial charge in [0.15, 0.2) is 12.6 Å². The molecule has 606 valence electrons. The summed E-state index contributed by atoms with van der Waals surface area (Å²) >= 11 is 0. The average Bonchev–Trinajstić information content (AvgIpc) is 0.790. The van der Waals surface area contributed by atoms with Crippen molar-refractivity contribution in [3.05, 3.63) is 12.2 Å². The van der Waals surface area contributed by atoms with Crippen LogP contribution in [0.2, 0.25) is 0 Å². The zero-order valence-corrected chi connectivity index (χ0v) is 66.9. The molecule has 2 heterocycles. The predicted molar refractivity (Wildman–Crippen MR) is 425 cm³/mol. The molecule has 2 aliphatic heterocycles. The van der Waals surface area contributed by atoms with E-state index >= 15 is 0 Å². The normalized spacial score (nSPS) is 21.6. The SMILES string of the molecule is CCCCCCCCCC/C=C\CCCCCCCCCCCCCCCCCCCCCCCCCCCCCC(=O)NC(COC1OC(CO)C(OC2OC(CO)C(O)C(O)C2O)C(O)C1O)C(O)CCCCCCCCCCCCCCCCCCCCCCCCCCCCCCC. The molecule has 2 aliphatic rings. The Hall–Kier alpha value is -1.27. The number of amides is 1. The van der Waals surface area contributed by atoms with Crippen molar-refractivity contribution in [3.63, 3.8) is 0 Å². The third kappa shape index (κ3) is 54.3. The summed E-state index contributed by atoms with van der Waals surface area (Å²) in [6, 6.07) is -0.827. The van der Waals surface area contributed by atoms with Crippen molar-refractivity contribution >= 4 is 5.91 Å². The monoisotopic (exact) mass is 1450 g/mol. The topological polar surface area (TPSA) is 228 Å². The van der Waals surface area contributed by atoms with Crippen LogP contribution in [0.3, 0.4) is 0 Å². The number of allylic oxidation sites excluding steroid dienone is 2. The lowest BCUT2D eigenvalue weighted by molar-refractivity contribution is -0.359. The van der Waals surface area contributed by atoms with E-state index < -0.39 is 86.8 Å². The summed E-state index contributed by atoms with van der Waals surface area (Å²) in [4.78, 5) is 13.4. The highest BCUT2D eigenvalue weighted by atomic mass is 16.7. The van der Waals surface area contributed by atoms with Crippen molar-refractivity contribution in [2.75, 3.05) is 19.8 Å². The smallest absolute Gasteiger partial charge is 0.220 e. The molecule has 0 aromatic rings. The molecule has 1 amide bonds. The van der Waals surface area contributed by atoms with Crippen molar-refractivity contribution < 1.29 is 64.6 Å². The largest absolute Gasteiger partial charge is 0.394 e. The van der Waals surface area contributed by atoms with Gasteiger partial charge in [-0.3, -0.25) is 4.79 Å². The molecule has 14 nitrogen and oxygen atoms in total. The molecule has 2 saturated heterocycles. The number of nitrogens with one attached hydrogen (secondary N) is 1. The molecule has 12 unspecified atom stereocenters. The second-order valence-electron chi connectivity index (χ2n) is 32.1. The zero-order valence-electron chi connectivity index (χ0n) is 66.9. The van der Waals surface area contributed by atoms with Crippen LogP contribution in [-0.4, -0.2) is 140 Å². The predicted octanol–water partition coefficient (Wildman–Crippen LogP) is 21.6. The maximum atomic E-state index is 13.4. The van der Waals surface area contributed by atoms with Gasteiger partial charge >= 0.3 is 0 Å². The Morgan fingerprint density at radius 2 is 0.618 bits per heavy atom. The lowest BCUT2D eigenvalue weighted by Gasteiger charge is -2.46. The van der Waals surface area contributed by atoms with Crippen LogP contribution in [0.5, 0.6) is 0 Å². The van der Waals surface area contributed by atoms with Crippen LogP contribution >= 0.6 is 0 Å². The molecular weight excluding hydrogens is 1280 g/mol. The summed E-state index contributed by atoms with van der Waals surface area (Å²) in [7, 11) is 0. The van der Waals surface area contributed by atoms with Crippen molar-refractivity contribution in [2.24, 2.45) is 0 Å². The minimum atomic E-state index is -1.78. The number of aliphatic hydroxyl groups excluding tert-OH is 8. The molecule has 9 N–H and O–H groups in total. The van der Waals surface area contributed by atoms with Crippen molar-refractivity contribution in [2.45, 2.75) is 524 Å². The Balaban J connectivity index is 1.54. The molecule has 12 atom stereocenters. The molecule has 0 aromatic carbocycles. The van der Waals surface area contributed by atoms with Crippen LogP contribution in [0.1, 0.15) is 450 Å². The minimum absolute atomic E-state index is 0.194. The fourth-order valence-electron chi connectivity index (χ4n) is 15.4. The fourth-order valence-corrected chi connectivity index (χ4v) is 15.4. The summed E-state index contributed by atoms with van der Waals surface area (Å²) in [6.07, 6.45) is 77.2. The maximum absolute atomic E-state index is 13.4. The van der Waals surface area contributed by atoms with Gasteiger partial charge in [0, 0.05) is 6.42 Å².